The van der Waals surface area contributed by atoms with E-state index in [4.69, 9.17) is 0 Å². The molecule has 0 spiro atoms. The molecule has 32 heavy (non-hydrogen) atoms. The van der Waals surface area contributed by atoms with Crippen molar-refractivity contribution in [3.8, 4) is 0 Å². The van der Waals surface area contributed by atoms with E-state index < -0.39 is 5.92 Å². The van der Waals surface area contributed by atoms with E-state index in [-0.39, 0.29) is 43.0 Å². The van der Waals surface area contributed by atoms with Gasteiger partial charge in [-0.2, -0.15) is 0 Å². The van der Waals surface area contributed by atoms with Crippen LogP contribution in [-0.2, 0) is 20.9 Å². The summed E-state index contributed by atoms with van der Waals surface area (Å²) in [5.74, 6) is -1.51. The van der Waals surface area contributed by atoms with Crippen LogP contribution >= 0.6 is 0 Å². The number of piperazine rings is 1. The van der Waals surface area contributed by atoms with Gasteiger partial charge in [0, 0.05) is 51.4 Å². The third kappa shape index (κ3) is 5.31. The number of amides is 3. The molecule has 0 radical (unpaired) electrons. The van der Waals surface area contributed by atoms with Gasteiger partial charge >= 0.3 is 0 Å². The van der Waals surface area contributed by atoms with Gasteiger partial charge in [0.25, 0.3) is 0 Å². The summed E-state index contributed by atoms with van der Waals surface area (Å²) < 4.78 is 13.1. The highest BCUT2D eigenvalue weighted by Gasteiger charge is 2.35. The number of halogens is 1. The number of anilines is 1. The third-order valence-corrected chi connectivity index (χ3v) is 6.02. The van der Waals surface area contributed by atoms with Crippen molar-refractivity contribution in [2.24, 2.45) is 5.92 Å². The molecule has 2 aromatic rings. The average molecular weight is 439 g/mol. The fourth-order valence-corrected chi connectivity index (χ4v) is 4.17. The maximum atomic E-state index is 13.1. The Balaban J connectivity index is 1.21. The first-order valence-electron chi connectivity index (χ1n) is 10.9. The summed E-state index contributed by atoms with van der Waals surface area (Å²) in [5.41, 5.74) is 1.82. The normalized spacial score (nSPS) is 19.3. The van der Waals surface area contributed by atoms with Gasteiger partial charge in [-0.1, -0.05) is 30.3 Å². The number of rotatable bonds is 6. The Morgan fingerprint density at radius 3 is 2.34 bits per heavy atom. The molecular weight excluding hydrogens is 411 g/mol. The Morgan fingerprint density at radius 1 is 0.969 bits per heavy atom. The van der Waals surface area contributed by atoms with Crippen LogP contribution in [0.3, 0.4) is 0 Å². The summed E-state index contributed by atoms with van der Waals surface area (Å²) in [4.78, 5) is 42.9. The maximum absolute atomic E-state index is 13.1. The Bertz CT molecular complexity index is 959. The van der Waals surface area contributed by atoms with Gasteiger partial charge < -0.3 is 15.1 Å². The number of nitrogens with zero attached hydrogens (tertiary/aromatic N) is 3. The van der Waals surface area contributed by atoms with Crippen molar-refractivity contribution in [3.05, 3.63) is 66.0 Å². The molecule has 168 valence electrons. The predicted molar refractivity (Wildman–Crippen MR) is 118 cm³/mol. The molecule has 2 saturated heterocycles. The molecule has 2 aliphatic rings. The molecule has 7 nitrogen and oxygen atoms in total. The molecule has 3 amide bonds. The number of carbonyl (C=O) groups excluding carboxylic acids is 3. The summed E-state index contributed by atoms with van der Waals surface area (Å²) in [6.45, 7) is 3.85. The second kappa shape index (κ2) is 9.91. The predicted octanol–water partition coefficient (Wildman–Crippen LogP) is 1.64. The van der Waals surface area contributed by atoms with Crippen molar-refractivity contribution in [2.75, 3.05) is 44.2 Å². The Hall–Kier alpha value is -3.26. The van der Waals surface area contributed by atoms with Crippen LogP contribution < -0.4 is 10.2 Å². The van der Waals surface area contributed by atoms with Gasteiger partial charge in [-0.05, 0) is 29.8 Å². The number of nitrogens with one attached hydrogen (secondary N) is 1. The molecule has 2 heterocycles. The van der Waals surface area contributed by atoms with Crippen LogP contribution in [0.1, 0.15) is 12.0 Å². The quantitative estimate of drug-likeness (QED) is 0.744. The molecular formula is C24H27FN4O3. The van der Waals surface area contributed by atoms with Crippen LogP contribution in [0, 0.1) is 11.7 Å². The van der Waals surface area contributed by atoms with Crippen LogP contribution in [0.2, 0.25) is 0 Å². The Morgan fingerprint density at radius 2 is 1.66 bits per heavy atom. The van der Waals surface area contributed by atoms with E-state index in [1.165, 1.54) is 34.7 Å². The number of carbonyl (C=O) groups is 3. The van der Waals surface area contributed by atoms with Crippen molar-refractivity contribution in [3.63, 3.8) is 0 Å². The van der Waals surface area contributed by atoms with Gasteiger partial charge in [0.15, 0.2) is 0 Å². The summed E-state index contributed by atoms with van der Waals surface area (Å²) in [7, 11) is 0. The molecule has 0 saturated carbocycles. The lowest BCUT2D eigenvalue weighted by Crippen LogP contribution is -2.51. The summed E-state index contributed by atoms with van der Waals surface area (Å²) >= 11 is 0. The first kappa shape index (κ1) is 22.0. The SMILES string of the molecule is O=C(NCC(=O)N1CCN(Cc2ccccc2)CC1)C1CC(=O)N(c2ccc(F)cc2)C1. The zero-order valence-corrected chi connectivity index (χ0v) is 17.9. The average Bonchev–Trinajstić information content (AvgIpc) is 3.20. The van der Waals surface area contributed by atoms with Crippen LogP contribution in [0.25, 0.3) is 0 Å². The lowest BCUT2D eigenvalue weighted by atomic mass is 10.1. The van der Waals surface area contributed by atoms with E-state index in [2.05, 4.69) is 22.3 Å². The zero-order chi connectivity index (χ0) is 22.5. The first-order valence-corrected chi connectivity index (χ1v) is 10.9. The largest absolute Gasteiger partial charge is 0.347 e. The number of hydrogen-bond acceptors (Lipinski definition) is 4. The number of hydrogen-bond donors (Lipinski definition) is 1. The molecule has 2 aromatic carbocycles. The first-order chi connectivity index (χ1) is 15.5. The van der Waals surface area contributed by atoms with E-state index in [1.54, 1.807) is 4.90 Å². The van der Waals surface area contributed by atoms with Gasteiger partial charge in [-0.25, -0.2) is 4.39 Å². The highest BCUT2D eigenvalue weighted by Crippen LogP contribution is 2.25. The molecule has 0 aromatic heterocycles. The summed E-state index contributed by atoms with van der Waals surface area (Å²) in [6, 6.07) is 15.8. The minimum Gasteiger partial charge on any atom is -0.347 e. The fourth-order valence-electron chi connectivity index (χ4n) is 4.17. The summed E-state index contributed by atoms with van der Waals surface area (Å²) in [6.07, 6.45) is 0.0789. The second-order valence-electron chi connectivity index (χ2n) is 8.24. The smallest absolute Gasteiger partial charge is 0.242 e. The van der Waals surface area contributed by atoms with E-state index in [0.717, 1.165) is 19.6 Å². The van der Waals surface area contributed by atoms with Crippen LogP contribution in [0.5, 0.6) is 0 Å². The van der Waals surface area contributed by atoms with Crippen molar-refractivity contribution in [1.82, 2.24) is 15.1 Å². The second-order valence-corrected chi connectivity index (χ2v) is 8.24. The van der Waals surface area contributed by atoms with E-state index in [0.29, 0.717) is 18.8 Å². The highest BCUT2D eigenvalue weighted by molar-refractivity contribution is 6.00. The van der Waals surface area contributed by atoms with Gasteiger partial charge in [0.2, 0.25) is 17.7 Å². The monoisotopic (exact) mass is 438 g/mol. The van der Waals surface area contributed by atoms with Crippen molar-refractivity contribution in [2.45, 2.75) is 13.0 Å². The fraction of sp³-hybridized carbons (Fsp3) is 0.375. The van der Waals surface area contributed by atoms with Crippen molar-refractivity contribution < 1.29 is 18.8 Å². The maximum Gasteiger partial charge on any atom is 0.242 e. The van der Waals surface area contributed by atoms with Crippen molar-refractivity contribution in [1.29, 1.82) is 0 Å². The van der Waals surface area contributed by atoms with Crippen LogP contribution in [-0.4, -0.2) is 66.8 Å². The lowest BCUT2D eigenvalue weighted by molar-refractivity contribution is -0.135. The molecule has 1 unspecified atom stereocenters. The third-order valence-electron chi connectivity index (χ3n) is 6.02. The van der Waals surface area contributed by atoms with E-state index in [1.807, 2.05) is 18.2 Å². The minimum atomic E-state index is -0.525. The van der Waals surface area contributed by atoms with Gasteiger partial charge in [-0.15, -0.1) is 0 Å². The zero-order valence-electron chi connectivity index (χ0n) is 17.9. The summed E-state index contributed by atoms with van der Waals surface area (Å²) in [5, 5.41) is 2.69. The van der Waals surface area contributed by atoms with E-state index in [9.17, 15) is 18.8 Å². The van der Waals surface area contributed by atoms with Crippen LogP contribution in [0.4, 0.5) is 10.1 Å². The molecule has 0 bridgehead atoms. The Labute approximate surface area is 186 Å². The molecule has 2 fully saturated rings. The van der Waals surface area contributed by atoms with E-state index >= 15 is 0 Å². The molecule has 8 heteroatoms. The van der Waals surface area contributed by atoms with Gasteiger partial charge in [0.1, 0.15) is 5.82 Å². The van der Waals surface area contributed by atoms with Gasteiger partial charge in [0.05, 0.1) is 12.5 Å². The van der Waals surface area contributed by atoms with Gasteiger partial charge in [-0.3, -0.25) is 19.3 Å². The number of benzene rings is 2. The molecule has 0 aliphatic carbocycles. The minimum absolute atomic E-state index is 0.0707. The lowest BCUT2D eigenvalue weighted by Gasteiger charge is -2.34. The molecule has 1 N–H and O–H groups in total. The molecule has 4 rings (SSSR count). The van der Waals surface area contributed by atoms with Crippen LogP contribution in [0.15, 0.2) is 54.6 Å². The highest BCUT2D eigenvalue weighted by atomic mass is 19.1. The standard InChI is InChI=1S/C24H27FN4O3/c25-20-6-8-21(9-7-20)29-17-19(14-22(29)30)24(32)26-15-23(31)28-12-10-27(11-13-28)16-18-4-2-1-3-5-18/h1-9,19H,10-17H2,(H,26,32). The molecule has 1 atom stereocenters. The topological polar surface area (TPSA) is 73.0 Å². The van der Waals surface area contributed by atoms with Crippen molar-refractivity contribution >= 4 is 23.4 Å². The molecule has 2 aliphatic heterocycles. The Kier molecular flexibility index (Phi) is 6.80.